The van der Waals surface area contributed by atoms with Gasteiger partial charge >= 0.3 is 0 Å². The van der Waals surface area contributed by atoms with Crippen LogP contribution in [0.3, 0.4) is 0 Å². The largest absolute Gasteiger partial charge is 0.381 e. The first-order valence-corrected chi connectivity index (χ1v) is 6.86. The molecule has 1 aromatic rings. The lowest BCUT2D eigenvalue weighted by molar-refractivity contribution is 0.318. The Morgan fingerprint density at radius 1 is 1.33 bits per heavy atom. The summed E-state index contributed by atoms with van der Waals surface area (Å²) in [6, 6.07) is 8.88. The van der Waals surface area contributed by atoms with E-state index in [0.717, 1.165) is 5.69 Å². The maximum atomic E-state index is 8.86. The van der Waals surface area contributed by atoms with E-state index in [1.165, 1.54) is 32.4 Å². The number of hydrogen-bond acceptors (Lipinski definition) is 3. The minimum atomic E-state index is 0.525. The molecular formula is C14H16ClN3. The summed E-state index contributed by atoms with van der Waals surface area (Å²) in [7, 11) is 0. The molecule has 2 aliphatic heterocycles. The highest BCUT2D eigenvalue weighted by Crippen LogP contribution is 2.31. The van der Waals surface area contributed by atoms with Crippen molar-refractivity contribution in [3.63, 3.8) is 0 Å². The number of nitrogens with one attached hydrogen (secondary N) is 1. The van der Waals surface area contributed by atoms with Crippen LogP contribution in [0.25, 0.3) is 0 Å². The number of fused-ring (bicyclic) bond motifs is 1. The van der Waals surface area contributed by atoms with Gasteiger partial charge in [-0.3, -0.25) is 4.90 Å². The number of rotatable bonds is 2. The van der Waals surface area contributed by atoms with Crippen LogP contribution in [-0.2, 0) is 0 Å². The fraction of sp³-hybridized carbons (Fsp3) is 0.500. The van der Waals surface area contributed by atoms with Crippen LogP contribution in [0.4, 0.5) is 5.69 Å². The van der Waals surface area contributed by atoms with Crippen molar-refractivity contribution >= 4 is 17.3 Å². The third kappa shape index (κ3) is 2.07. The summed E-state index contributed by atoms with van der Waals surface area (Å²) in [6.45, 7) is 2.45. The number of nitriles is 1. The van der Waals surface area contributed by atoms with Crippen LogP contribution in [0.15, 0.2) is 18.2 Å². The molecule has 0 aliphatic carbocycles. The van der Waals surface area contributed by atoms with Crippen molar-refractivity contribution in [3.8, 4) is 6.07 Å². The summed E-state index contributed by atoms with van der Waals surface area (Å²) < 4.78 is 0. The van der Waals surface area contributed by atoms with E-state index in [9.17, 15) is 0 Å². The second kappa shape index (κ2) is 4.79. The van der Waals surface area contributed by atoms with Crippen molar-refractivity contribution < 1.29 is 0 Å². The molecule has 0 aromatic heterocycles. The van der Waals surface area contributed by atoms with Gasteiger partial charge in [-0.15, -0.1) is 0 Å². The number of halogens is 1. The lowest BCUT2D eigenvalue weighted by Gasteiger charge is -2.22. The molecule has 2 atom stereocenters. The van der Waals surface area contributed by atoms with Gasteiger partial charge in [0.2, 0.25) is 0 Å². The summed E-state index contributed by atoms with van der Waals surface area (Å²) in [6.07, 6.45) is 3.81. The Bertz CT molecular complexity index is 494. The van der Waals surface area contributed by atoms with Gasteiger partial charge in [-0.25, -0.2) is 0 Å². The molecule has 1 aromatic carbocycles. The van der Waals surface area contributed by atoms with Crippen molar-refractivity contribution in [2.45, 2.75) is 31.3 Å². The normalized spacial score (nSPS) is 26.9. The number of benzene rings is 1. The van der Waals surface area contributed by atoms with E-state index < -0.39 is 0 Å². The zero-order valence-electron chi connectivity index (χ0n) is 10.2. The highest BCUT2D eigenvalue weighted by atomic mass is 35.5. The standard InChI is InChI=1S/C14H16ClN3/c15-12-8-11(4-3-10(12)9-16)17-13-5-7-18-6-1-2-14(13)18/h3-4,8,13-14,17H,1-2,5-7H2. The first-order chi connectivity index (χ1) is 8.78. The van der Waals surface area contributed by atoms with Crippen LogP contribution in [0.1, 0.15) is 24.8 Å². The number of nitrogens with zero attached hydrogens (tertiary/aromatic N) is 2. The molecule has 0 spiro atoms. The third-order valence-electron chi connectivity index (χ3n) is 4.05. The highest BCUT2D eigenvalue weighted by Gasteiger charge is 2.36. The maximum absolute atomic E-state index is 8.86. The Kier molecular flexibility index (Phi) is 3.15. The predicted octanol–water partition coefficient (Wildman–Crippen LogP) is 2.86. The van der Waals surface area contributed by atoms with E-state index in [4.69, 9.17) is 16.9 Å². The Morgan fingerprint density at radius 2 is 2.22 bits per heavy atom. The molecule has 0 saturated carbocycles. The van der Waals surface area contributed by atoms with Crippen molar-refractivity contribution in [2.24, 2.45) is 0 Å². The fourth-order valence-electron chi connectivity index (χ4n) is 3.16. The van der Waals surface area contributed by atoms with Crippen LogP contribution in [-0.4, -0.2) is 30.1 Å². The van der Waals surface area contributed by atoms with Crippen LogP contribution in [0, 0.1) is 11.3 Å². The van der Waals surface area contributed by atoms with E-state index >= 15 is 0 Å². The van der Waals surface area contributed by atoms with Crippen LogP contribution >= 0.6 is 11.6 Å². The van der Waals surface area contributed by atoms with Crippen molar-refractivity contribution in [1.29, 1.82) is 5.26 Å². The Labute approximate surface area is 112 Å². The Morgan fingerprint density at radius 3 is 3.00 bits per heavy atom. The van der Waals surface area contributed by atoms with Gasteiger partial charge in [-0.05, 0) is 44.0 Å². The maximum Gasteiger partial charge on any atom is 0.101 e. The molecule has 2 heterocycles. The van der Waals surface area contributed by atoms with Gasteiger partial charge in [0.15, 0.2) is 0 Å². The van der Waals surface area contributed by atoms with Crippen molar-refractivity contribution in [3.05, 3.63) is 28.8 Å². The van der Waals surface area contributed by atoms with Gasteiger partial charge in [-0.2, -0.15) is 5.26 Å². The molecule has 2 saturated heterocycles. The third-order valence-corrected chi connectivity index (χ3v) is 4.36. The van der Waals surface area contributed by atoms with E-state index in [2.05, 4.69) is 16.3 Å². The molecule has 3 rings (SSSR count). The van der Waals surface area contributed by atoms with Crippen LogP contribution in [0.5, 0.6) is 0 Å². The average Bonchev–Trinajstić information content (AvgIpc) is 2.94. The molecule has 3 nitrogen and oxygen atoms in total. The van der Waals surface area contributed by atoms with Gasteiger partial charge in [0, 0.05) is 24.3 Å². The monoisotopic (exact) mass is 261 g/mol. The summed E-state index contributed by atoms with van der Waals surface area (Å²) in [5, 5.41) is 13.0. The minimum Gasteiger partial charge on any atom is -0.381 e. The smallest absolute Gasteiger partial charge is 0.101 e. The van der Waals surface area contributed by atoms with Crippen LogP contribution in [0.2, 0.25) is 5.02 Å². The van der Waals surface area contributed by atoms with Gasteiger partial charge in [0.25, 0.3) is 0 Å². The lowest BCUT2D eigenvalue weighted by Crippen LogP contribution is -2.33. The van der Waals surface area contributed by atoms with Crippen LogP contribution < -0.4 is 5.32 Å². The highest BCUT2D eigenvalue weighted by molar-refractivity contribution is 6.32. The SMILES string of the molecule is N#Cc1ccc(NC2CCN3CCCC23)cc1Cl. The summed E-state index contributed by atoms with van der Waals surface area (Å²) in [5.74, 6) is 0. The van der Waals surface area contributed by atoms with E-state index in [0.29, 0.717) is 22.7 Å². The molecule has 1 N–H and O–H groups in total. The second-order valence-corrected chi connectivity index (χ2v) is 5.50. The predicted molar refractivity (Wildman–Crippen MR) is 72.8 cm³/mol. The summed E-state index contributed by atoms with van der Waals surface area (Å²) in [5.41, 5.74) is 1.56. The van der Waals surface area contributed by atoms with Gasteiger partial charge in [0.1, 0.15) is 6.07 Å². The molecule has 2 unspecified atom stereocenters. The number of hydrogen-bond donors (Lipinski definition) is 1. The topological polar surface area (TPSA) is 39.1 Å². The zero-order valence-corrected chi connectivity index (χ0v) is 11.0. The molecule has 0 radical (unpaired) electrons. The van der Waals surface area contributed by atoms with Crippen molar-refractivity contribution in [2.75, 3.05) is 18.4 Å². The van der Waals surface area contributed by atoms with Gasteiger partial charge < -0.3 is 5.32 Å². The summed E-state index contributed by atoms with van der Waals surface area (Å²) >= 11 is 6.05. The molecule has 2 aliphatic rings. The van der Waals surface area contributed by atoms with Gasteiger partial charge in [0.05, 0.1) is 10.6 Å². The summed E-state index contributed by atoms with van der Waals surface area (Å²) in [4.78, 5) is 2.57. The molecule has 0 bridgehead atoms. The average molecular weight is 262 g/mol. The minimum absolute atomic E-state index is 0.525. The zero-order chi connectivity index (χ0) is 12.5. The molecule has 94 valence electrons. The first-order valence-electron chi connectivity index (χ1n) is 6.48. The quantitative estimate of drug-likeness (QED) is 0.890. The second-order valence-electron chi connectivity index (χ2n) is 5.09. The van der Waals surface area contributed by atoms with E-state index in [1.807, 2.05) is 12.1 Å². The van der Waals surface area contributed by atoms with E-state index in [1.54, 1.807) is 6.07 Å². The molecule has 4 heteroatoms. The van der Waals surface area contributed by atoms with Crippen molar-refractivity contribution in [1.82, 2.24) is 4.90 Å². The Hall–Kier alpha value is -1.24. The van der Waals surface area contributed by atoms with Gasteiger partial charge in [-0.1, -0.05) is 11.6 Å². The molecule has 18 heavy (non-hydrogen) atoms. The molecule has 2 fully saturated rings. The fourth-order valence-corrected chi connectivity index (χ4v) is 3.38. The molecular weight excluding hydrogens is 246 g/mol. The Balaban J connectivity index is 1.73. The molecule has 0 amide bonds. The van der Waals surface area contributed by atoms with E-state index in [-0.39, 0.29) is 0 Å². The number of anilines is 1. The lowest BCUT2D eigenvalue weighted by atomic mass is 10.1. The first kappa shape index (κ1) is 11.8.